The second kappa shape index (κ2) is 5.81. The molecule has 0 saturated carbocycles. The summed E-state index contributed by atoms with van der Waals surface area (Å²) in [5, 5.41) is 0. The van der Waals surface area contributed by atoms with Gasteiger partial charge in [0, 0.05) is 10.3 Å². The molecule has 0 aromatic rings. The quantitative estimate of drug-likeness (QED) is 0.571. The van der Waals surface area contributed by atoms with Gasteiger partial charge < -0.3 is 5.73 Å². The largest absolute Gasteiger partial charge is 0.324 e. The zero-order valence-corrected chi connectivity index (χ0v) is 10.6. The van der Waals surface area contributed by atoms with E-state index in [-0.39, 0.29) is 35.1 Å². The normalized spacial score (nSPS) is 11.5. The lowest BCUT2D eigenvalue weighted by atomic mass is 9.91. The molecule has 5 heteroatoms. The Hall–Kier alpha value is 1.24. The summed E-state index contributed by atoms with van der Waals surface area (Å²) in [4.78, 5) is 0. The highest BCUT2D eigenvalue weighted by atomic mass is 35.5. The Morgan fingerprint density at radius 3 is 1.36 bits per heavy atom. The van der Waals surface area contributed by atoms with Gasteiger partial charge in [-0.15, -0.1) is 36.5 Å². The van der Waals surface area contributed by atoms with Crippen LogP contribution in [0, 0.1) is 0 Å². The van der Waals surface area contributed by atoms with Crippen molar-refractivity contribution in [1.29, 1.82) is 0 Å². The third kappa shape index (κ3) is 5.47. The molecule has 0 radical (unpaired) electrons. The Bertz CT molecular complexity index is 101. The maximum atomic E-state index is 5.85. The predicted octanol–water partition coefficient (Wildman–Crippen LogP) is 2.92. The molecule has 0 bridgehead atoms. The molecule has 0 atom stereocenters. The molecule has 0 amide bonds. The fraction of sp³-hybridized carbons (Fsp3) is 1.00. The average molecular weight is 238 g/mol. The molecule has 0 aliphatic rings. The van der Waals surface area contributed by atoms with Crippen LogP contribution in [0.25, 0.3) is 0 Å². The van der Waals surface area contributed by atoms with Gasteiger partial charge in [-0.05, 0) is 27.7 Å². The SMILES string of the molecule is CC(C)(N)C(C)(C)SS.Cl.Cl. The van der Waals surface area contributed by atoms with Crippen molar-refractivity contribution >= 4 is 47.3 Å². The Labute approximate surface area is 90.9 Å². The summed E-state index contributed by atoms with van der Waals surface area (Å²) < 4.78 is 0.0378. The highest BCUT2D eigenvalue weighted by Crippen LogP contribution is 2.35. The minimum atomic E-state index is -0.167. The smallest absolute Gasteiger partial charge is 0.0378 e. The number of nitrogens with two attached hydrogens (primary N) is 1. The summed E-state index contributed by atoms with van der Waals surface area (Å²) >= 11 is 4.13. The lowest BCUT2D eigenvalue weighted by Crippen LogP contribution is -2.49. The third-order valence-corrected chi connectivity index (χ3v) is 4.13. The van der Waals surface area contributed by atoms with Crippen LogP contribution in [-0.2, 0) is 0 Å². The van der Waals surface area contributed by atoms with Gasteiger partial charge >= 0.3 is 0 Å². The van der Waals surface area contributed by atoms with E-state index in [0.29, 0.717) is 0 Å². The molecule has 0 aromatic heterocycles. The molecule has 0 saturated heterocycles. The number of hydrogen-bond acceptors (Lipinski definition) is 3. The van der Waals surface area contributed by atoms with E-state index in [4.69, 9.17) is 5.73 Å². The molecular weight excluding hydrogens is 221 g/mol. The standard InChI is InChI=1S/C6H15NS2.2ClH/c1-5(2,7)6(3,4)9-8;;/h8H,7H2,1-4H3;2*1H. The van der Waals surface area contributed by atoms with E-state index in [1.807, 2.05) is 13.8 Å². The summed E-state index contributed by atoms with van der Waals surface area (Å²) in [6.45, 7) is 8.20. The van der Waals surface area contributed by atoms with E-state index < -0.39 is 0 Å². The molecule has 0 aliphatic heterocycles. The second-order valence-electron chi connectivity index (χ2n) is 3.32. The van der Waals surface area contributed by atoms with Crippen LogP contribution in [0.3, 0.4) is 0 Å². The number of thiol groups is 1. The van der Waals surface area contributed by atoms with Crippen LogP contribution in [0.4, 0.5) is 0 Å². The van der Waals surface area contributed by atoms with E-state index >= 15 is 0 Å². The van der Waals surface area contributed by atoms with Crippen molar-refractivity contribution in [2.24, 2.45) is 5.73 Å². The minimum Gasteiger partial charge on any atom is -0.324 e. The summed E-state index contributed by atoms with van der Waals surface area (Å²) in [7, 11) is 1.50. The van der Waals surface area contributed by atoms with Crippen molar-refractivity contribution in [3.63, 3.8) is 0 Å². The molecule has 0 rings (SSSR count). The zero-order valence-electron chi connectivity index (χ0n) is 7.25. The summed E-state index contributed by atoms with van der Waals surface area (Å²) in [5.74, 6) is 0. The van der Waals surface area contributed by atoms with Crippen molar-refractivity contribution in [2.75, 3.05) is 0 Å². The van der Waals surface area contributed by atoms with Crippen LogP contribution in [0.5, 0.6) is 0 Å². The Morgan fingerprint density at radius 2 is 1.36 bits per heavy atom. The van der Waals surface area contributed by atoms with E-state index in [1.165, 1.54) is 10.8 Å². The van der Waals surface area contributed by atoms with Gasteiger partial charge in [-0.3, -0.25) is 0 Å². The van der Waals surface area contributed by atoms with E-state index in [1.54, 1.807) is 0 Å². The zero-order chi connectivity index (χ0) is 7.71. The molecule has 11 heavy (non-hydrogen) atoms. The molecule has 0 aliphatic carbocycles. The molecular formula is C6H17Cl2NS2. The fourth-order valence-corrected chi connectivity index (χ4v) is 1.06. The van der Waals surface area contributed by atoms with Gasteiger partial charge in [-0.25, -0.2) is 0 Å². The first-order chi connectivity index (χ1) is 3.81. The van der Waals surface area contributed by atoms with Crippen molar-refractivity contribution < 1.29 is 0 Å². The number of rotatable bonds is 2. The molecule has 2 N–H and O–H groups in total. The van der Waals surface area contributed by atoms with Gasteiger partial charge in [-0.1, -0.05) is 10.8 Å². The van der Waals surface area contributed by atoms with Crippen LogP contribution in [0.15, 0.2) is 0 Å². The van der Waals surface area contributed by atoms with Gasteiger partial charge in [0.05, 0.1) is 0 Å². The van der Waals surface area contributed by atoms with Gasteiger partial charge in [0.25, 0.3) is 0 Å². The molecule has 0 spiro atoms. The molecule has 0 unspecified atom stereocenters. The van der Waals surface area contributed by atoms with E-state index in [0.717, 1.165) is 0 Å². The van der Waals surface area contributed by atoms with E-state index in [9.17, 15) is 0 Å². The Balaban J connectivity index is -0.000000320. The maximum absolute atomic E-state index is 5.85. The molecule has 1 nitrogen and oxygen atoms in total. The van der Waals surface area contributed by atoms with Gasteiger partial charge in [0.1, 0.15) is 0 Å². The van der Waals surface area contributed by atoms with Gasteiger partial charge in [-0.2, -0.15) is 0 Å². The van der Waals surface area contributed by atoms with Crippen LogP contribution in [0.1, 0.15) is 27.7 Å². The first-order valence-corrected chi connectivity index (χ1v) is 4.79. The average Bonchev–Trinajstić information content (AvgIpc) is 1.64. The van der Waals surface area contributed by atoms with Gasteiger partial charge in [0.2, 0.25) is 0 Å². The van der Waals surface area contributed by atoms with Crippen molar-refractivity contribution in [2.45, 2.75) is 38.0 Å². The lowest BCUT2D eigenvalue weighted by Gasteiger charge is -2.35. The summed E-state index contributed by atoms with van der Waals surface area (Å²) in [5.41, 5.74) is 5.69. The minimum absolute atomic E-state index is 0. The van der Waals surface area contributed by atoms with Crippen LogP contribution >= 0.6 is 47.3 Å². The molecule has 0 aromatic carbocycles. The maximum Gasteiger partial charge on any atom is 0.0378 e. The lowest BCUT2D eigenvalue weighted by molar-refractivity contribution is 0.414. The van der Waals surface area contributed by atoms with Crippen molar-refractivity contribution in [1.82, 2.24) is 0 Å². The predicted molar refractivity (Wildman–Crippen MR) is 63.4 cm³/mol. The first kappa shape index (κ1) is 18.1. The number of hydrogen-bond donors (Lipinski definition) is 2. The Morgan fingerprint density at radius 1 is 1.09 bits per heavy atom. The van der Waals surface area contributed by atoms with Crippen LogP contribution in [-0.4, -0.2) is 10.3 Å². The Kier molecular flexibility index (Phi) is 9.57. The van der Waals surface area contributed by atoms with Crippen molar-refractivity contribution in [3.8, 4) is 0 Å². The first-order valence-electron chi connectivity index (χ1n) is 2.93. The van der Waals surface area contributed by atoms with Crippen LogP contribution < -0.4 is 5.73 Å². The highest BCUT2D eigenvalue weighted by molar-refractivity contribution is 8.69. The monoisotopic (exact) mass is 237 g/mol. The number of halogens is 2. The van der Waals surface area contributed by atoms with Crippen molar-refractivity contribution in [3.05, 3.63) is 0 Å². The molecule has 72 valence electrons. The van der Waals surface area contributed by atoms with Crippen LogP contribution in [0.2, 0.25) is 0 Å². The third-order valence-electron chi connectivity index (χ3n) is 1.78. The van der Waals surface area contributed by atoms with Gasteiger partial charge in [0.15, 0.2) is 0 Å². The van der Waals surface area contributed by atoms with E-state index in [2.05, 4.69) is 25.5 Å². The molecule has 0 fully saturated rings. The highest BCUT2D eigenvalue weighted by Gasteiger charge is 2.32. The molecule has 0 heterocycles. The summed E-state index contributed by atoms with van der Waals surface area (Å²) in [6, 6.07) is 0. The summed E-state index contributed by atoms with van der Waals surface area (Å²) in [6.07, 6.45) is 0. The topological polar surface area (TPSA) is 26.0 Å². The second-order valence-corrected chi connectivity index (χ2v) is 5.07. The fourth-order valence-electron chi connectivity index (χ4n) is 0.118.